The van der Waals surface area contributed by atoms with Crippen molar-refractivity contribution in [3.8, 4) is 11.5 Å². The van der Waals surface area contributed by atoms with Crippen molar-refractivity contribution in [2.24, 2.45) is 0 Å². The van der Waals surface area contributed by atoms with E-state index in [0.717, 1.165) is 55.3 Å². The molecule has 0 aromatic heterocycles. The third-order valence-corrected chi connectivity index (χ3v) is 5.77. The molecule has 2 aliphatic rings. The van der Waals surface area contributed by atoms with Gasteiger partial charge in [0.1, 0.15) is 18.1 Å². The Morgan fingerprint density at radius 2 is 1.90 bits per heavy atom. The first-order chi connectivity index (χ1) is 14.6. The Bertz CT molecular complexity index is 905. The molecule has 2 heterocycles. The lowest BCUT2D eigenvalue weighted by atomic mass is 10.0. The fourth-order valence-electron chi connectivity index (χ4n) is 3.86. The maximum Gasteiger partial charge on any atom is 0.251 e. The van der Waals surface area contributed by atoms with Crippen LogP contribution in [0.5, 0.6) is 11.5 Å². The second kappa shape index (κ2) is 9.32. The highest BCUT2D eigenvalue weighted by Crippen LogP contribution is 2.30. The Kier molecular flexibility index (Phi) is 6.35. The highest BCUT2D eigenvalue weighted by Gasteiger charge is 2.24. The van der Waals surface area contributed by atoms with Gasteiger partial charge in [-0.05, 0) is 30.8 Å². The number of benzene rings is 2. The molecule has 1 atom stereocenters. The standard InChI is InChI=1S/C24H29N3O3/c1-26-10-12-27(13-11-26)16-22(18-6-4-3-5-7-18)25-24(28)20-14-19-8-9-21(29-2)15-23(19)30-17-20/h3-9,14-15,22H,10-13,16-17H2,1-2H3,(H,25,28). The van der Waals surface area contributed by atoms with E-state index in [-0.39, 0.29) is 18.6 Å². The van der Waals surface area contributed by atoms with Crippen LogP contribution in [0.25, 0.3) is 6.08 Å². The van der Waals surface area contributed by atoms with Crippen LogP contribution in [0.3, 0.4) is 0 Å². The van der Waals surface area contributed by atoms with Crippen LogP contribution in [0.15, 0.2) is 54.1 Å². The predicted molar refractivity (Wildman–Crippen MR) is 118 cm³/mol. The van der Waals surface area contributed by atoms with Gasteiger partial charge in [-0.25, -0.2) is 0 Å². The Labute approximate surface area is 178 Å². The number of carbonyl (C=O) groups excluding carboxylic acids is 1. The van der Waals surface area contributed by atoms with E-state index >= 15 is 0 Å². The first kappa shape index (κ1) is 20.4. The fourth-order valence-corrected chi connectivity index (χ4v) is 3.86. The molecule has 30 heavy (non-hydrogen) atoms. The summed E-state index contributed by atoms with van der Waals surface area (Å²) in [5, 5.41) is 3.25. The van der Waals surface area contributed by atoms with Gasteiger partial charge in [0.2, 0.25) is 0 Å². The number of ether oxygens (including phenoxy) is 2. The number of likely N-dealkylation sites (N-methyl/N-ethyl adjacent to an activating group) is 1. The summed E-state index contributed by atoms with van der Waals surface area (Å²) in [7, 11) is 3.78. The second-order valence-corrected chi connectivity index (χ2v) is 7.90. The lowest BCUT2D eigenvalue weighted by Gasteiger charge is -2.35. The predicted octanol–water partition coefficient (Wildman–Crippen LogP) is 2.58. The van der Waals surface area contributed by atoms with Gasteiger partial charge in [0, 0.05) is 44.4 Å². The minimum atomic E-state index is -0.0838. The Hall–Kier alpha value is -2.83. The van der Waals surface area contributed by atoms with Gasteiger partial charge in [-0.2, -0.15) is 0 Å². The molecule has 0 spiro atoms. The van der Waals surface area contributed by atoms with Crippen molar-refractivity contribution >= 4 is 12.0 Å². The lowest BCUT2D eigenvalue weighted by molar-refractivity contribution is -0.118. The van der Waals surface area contributed by atoms with E-state index in [9.17, 15) is 4.79 Å². The molecule has 4 rings (SSSR count). The number of piperazine rings is 1. The third kappa shape index (κ3) is 4.83. The van der Waals surface area contributed by atoms with Gasteiger partial charge in [0.15, 0.2) is 0 Å². The number of carbonyl (C=O) groups is 1. The molecule has 1 saturated heterocycles. The first-order valence-electron chi connectivity index (χ1n) is 10.4. The SMILES string of the molecule is COc1ccc2c(c1)OCC(C(=O)NC(CN1CCN(C)CC1)c1ccccc1)=C2. The first-order valence-corrected chi connectivity index (χ1v) is 10.4. The number of methoxy groups -OCH3 is 1. The summed E-state index contributed by atoms with van der Waals surface area (Å²) in [6.45, 7) is 5.17. The van der Waals surface area contributed by atoms with Crippen LogP contribution < -0.4 is 14.8 Å². The molecule has 2 aromatic carbocycles. The maximum atomic E-state index is 13.1. The van der Waals surface area contributed by atoms with Crippen LogP contribution in [0.4, 0.5) is 0 Å². The van der Waals surface area contributed by atoms with Crippen LogP contribution in [0, 0.1) is 0 Å². The summed E-state index contributed by atoms with van der Waals surface area (Å²) in [4.78, 5) is 17.9. The zero-order valence-electron chi connectivity index (χ0n) is 17.6. The quantitative estimate of drug-likeness (QED) is 0.798. The van der Waals surface area contributed by atoms with Crippen molar-refractivity contribution < 1.29 is 14.3 Å². The Balaban J connectivity index is 1.49. The minimum Gasteiger partial charge on any atom is -0.497 e. The van der Waals surface area contributed by atoms with Gasteiger partial charge < -0.3 is 19.7 Å². The number of hydrogen-bond acceptors (Lipinski definition) is 5. The smallest absolute Gasteiger partial charge is 0.251 e. The molecular weight excluding hydrogens is 378 g/mol. The van der Waals surface area contributed by atoms with Gasteiger partial charge in [0.05, 0.1) is 18.7 Å². The number of hydrogen-bond donors (Lipinski definition) is 1. The van der Waals surface area contributed by atoms with Crippen LogP contribution in [0.2, 0.25) is 0 Å². The highest BCUT2D eigenvalue weighted by atomic mass is 16.5. The third-order valence-electron chi connectivity index (χ3n) is 5.77. The average Bonchev–Trinajstić information content (AvgIpc) is 2.79. The number of nitrogens with zero attached hydrogens (tertiary/aromatic N) is 2. The summed E-state index contributed by atoms with van der Waals surface area (Å²) in [5.74, 6) is 1.40. The van der Waals surface area contributed by atoms with Crippen LogP contribution in [-0.2, 0) is 4.79 Å². The number of fused-ring (bicyclic) bond motifs is 1. The number of rotatable bonds is 6. The average molecular weight is 408 g/mol. The molecule has 0 bridgehead atoms. The highest BCUT2D eigenvalue weighted by molar-refractivity contribution is 5.99. The molecular formula is C24H29N3O3. The summed E-state index contributed by atoms with van der Waals surface area (Å²) >= 11 is 0. The maximum absolute atomic E-state index is 13.1. The van der Waals surface area contributed by atoms with E-state index in [4.69, 9.17) is 9.47 Å². The van der Waals surface area contributed by atoms with Crippen molar-refractivity contribution in [1.29, 1.82) is 0 Å². The molecule has 6 heteroatoms. The normalized spacial score (nSPS) is 18.0. The number of amides is 1. The summed E-state index contributed by atoms with van der Waals surface area (Å²) < 4.78 is 11.1. The molecule has 1 N–H and O–H groups in total. The van der Waals surface area contributed by atoms with Gasteiger partial charge >= 0.3 is 0 Å². The molecule has 0 radical (unpaired) electrons. The molecule has 0 aliphatic carbocycles. The van der Waals surface area contributed by atoms with Crippen molar-refractivity contribution in [2.45, 2.75) is 6.04 Å². The molecule has 0 saturated carbocycles. The van der Waals surface area contributed by atoms with E-state index in [1.807, 2.05) is 42.5 Å². The van der Waals surface area contributed by atoms with Crippen molar-refractivity contribution in [2.75, 3.05) is 53.5 Å². The topological polar surface area (TPSA) is 54.0 Å². The van der Waals surface area contributed by atoms with Crippen molar-refractivity contribution in [3.05, 3.63) is 65.2 Å². The van der Waals surface area contributed by atoms with E-state index in [0.29, 0.717) is 5.57 Å². The van der Waals surface area contributed by atoms with E-state index in [1.165, 1.54) is 0 Å². The lowest BCUT2D eigenvalue weighted by Crippen LogP contribution is -2.48. The van der Waals surface area contributed by atoms with Crippen LogP contribution in [0.1, 0.15) is 17.2 Å². The van der Waals surface area contributed by atoms with E-state index in [1.54, 1.807) is 7.11 Å². The fraction of sp³-hybridized carbons (Fsp3) is 0.375. The zero-order valence-corrected chi connectivity index (χ0v) is 17.6. The molecule has 158 valence electrons. The summed E-state index contributed by atoms with van der Waals surface area (Å²) in [6, 6.07) is 15.8. The molecule has 2 aliphatic heterocycles. The van der Waals surface area contributed by atoms with Gasteiger partial charge in [-0.15, -0.1) is 0 Å². The number of nitrogens with one attached hydrogen (secondary N) is 1. The van der Waals surface area contributed by atoms with Crippen molar-refractivity contribution in [3.63, 3.8) is 0 Å². The Morgan fingerprint density at radius 3 is 2.63 bits per heavy atom. The van der Waals surface area contributed by atoms with Gasteiger partial charge in [-0.1, -0.05) is 30.3 Å². The van der Waals surface area contributed by atoms with E-state index in [2.05, 4.69) is 34.3 Å². The van der Waals surface area contributed by atoms with Crippen LogP contribution in [-0.4, -0.2) is 69.2 Å². The second-order valence-electron chi connectivity index (χ2n) is 7.90. The van der Waals surface area contributed by atoms with E-state index < -0.39 is 0 Å². The summed E-state index contributed by atoms with van der Waals surface area (Å²) in [5.41, 5.74) is 2.64. The molecule has 1 amide bonds. The van der Waals surface area contributed by atoms with Gasteiger partial charge in [0.25, 0.3) is 5.91 Å². The van der Waals surface area contributed by atoms with Crippen molar-refractivity contribution in [1.82, 2.24) is 15.1 Å². The molecule has 1 fully saturated rings. The minimum absolute atomic E-state index is 0.0692. The molecule has 1 unspecified atom stereocenters. The zero-order chi connectivity index (χ0) is 20.9. The molecule has 6 nitrogen and oxygen atoms in total. The molecule has 2 aromatic rings. The summed E-state index contributed by atoms with van der Waals surface area (Å²) in [6.07, 6.45) is 1.91. The van der Waals surface area contributed by atoms with Crippen LogP contribution >= 0.6 is 0 Å². The largest absolute Gasteiger partial charge is 0.497 e. The van der Waals surface area contributed by atoms with Gasteiger partial charge in [-0.3, -0.25) is 9.69 Å². The Morgan fingerprint density at radius 1 is 1.13 bits per heavy atom. The monoisotopic (exact) mass is 407 g/mol.